The molecule has 1 aliphatic rings. The van der Waals surface area contributed by atoms with Gasteiger partial charge >= 0.3 is 0 Å². The van der Waals surface area contributed by atoms with Gasteiger partial charge in [-0.05, 0) is 64.0 Å². The van der Waals surface area contributed by atoms with Crippen molar-refractivity contribution in [3.05, 3.63) is 29.8 Å². The Balaban J connectivity index is 1.90. The highest BCUT2D eigenvalue weighted by atomic mass is 16.5. The minimum Gasteiger partial charge on any atom is -0.497 e. The van der Waals surface area contributed by atoms with Gasteiger partial charge < -0.3 is 14.5 Å². The topological polar surface area (TPSA) is 15.7 Å². The summed E-state index contributed by atoms with van der Waals surface area (Å²) < 4.78 is 5.23. The minimum atomic E-state index is 0.552. The van der Waals surface area contributed by atoms with Crippen molar-refractivity contribution in [1.29, 1.82) is 0 Å². The highest BCUT2D eigenvalue weighted by Crippen LogP contribution is 2.24. The van der Waals surface area contributed by atoms with Gasteiger partial charge in [-0.25, -0.2) is 0 Å². The second-order valence-corrected chi connectivity index (χ2v) is 6.62. The molecule has 1 fully saturated rings. The van der Waals surface area contributed by atoms with Crippen LogP contribution < -0.4 is 4.74 Å². The van der Waals surface area contributed by atoms with Gasteiger partial charge in [0.05, 0.1) is 7.11 Å². The average molecular weight is 290 g/mol. The number of piperidine rings is 1. The van der Waals surface area contributed by atoms with Crippen molar-refractivity contribution >= 4 is 0 Å². The van der Waals surface area contributed by atoms with Crippen molar-refractivity contribution in [3.63, 3.8) is 0 Å². The quantitative estimate of drug-likeness (QED) is 0.828. The Morgan fingerprint density at radius 1 is 1.33 bits per heavy atom. The molecule has 1 aliphatic heterocycles. The average Bonchev–Trinajstić information content (AvgIpc) is 2.50. The molecular formula is C18H30N2O. The third-order valence-corrected chi connectivity index (χ3v) is 5.05. The number of methoxy groups -OCH3 is 1. The van der Waals surface area contributed by atoms with E-state index in [0.717, 1.165) is 18.3 Å². The second-order valence-electron chi connectivity index (χ2n) is 6.62. The molecule has 3 nitrogen and oxygen atoms in total. The van der Waals surface area contributed by atoms with Gasteiger partial charge in [0, 0.05) is 18.6 Å². The summed E-state index contributed by atoms with van der Waals surface area (Å²) in [4.78, 5) is 5.02. The lowest BCUT2D eigenvalue weighted by molar-refractivity contribution is 0.102. The van der Waals surface area contributed by atoms with E-state index < -0.39 is 0 Å². The molecule has 0 saturated carbocycles. The van der Waals surface area contributed by atoms with E-state index in [4.69, 9.17) is 4.74 Å². The van der Waals surface area contributed by atoms with Crippen molar-refractivity contribution in [2.45, 2.75) is 44.7 Å². The first-order chi connectivity index (χ1) is 10.0. The van der Waals surface area contributed by atoms with Gasteiger partial charge in [-0.3, -0.25) is 0 Å². The van der Waals surface area contributed by atoms with Gasteiger partial charge in [0.1, 0.15) is 5.75 Å². The van der Waals surface area contributed by atoms with Crippen LogP contribution in [0, 0.1) is 0 Å². The smallest absolute Gasteiger partial charge is 0.118 e. The van der Waals surface area contributed by atoms with Crippen LogP contribution in [0.4, 0.5) is 0 Å². The molecule has 0 aromatic heterocycles. The van der Waals surface area contributed by atoms with E-state index >= 15 is 0 Å². The summed E-state index contributed by atoms with van der Waals surface area (Å²) in [5.41, 5.74) is 1.39. The first kappa shape index (κ1) is 16.3. The maximum Gasteiger partial charge on any atom is 0.118 e. The SMILES string of the molecule is COc1ccc([C@H](C)CN(C)[C@@H]2CCN(C)[C@@H](C)C2)cc1. The fourth-order valence-corrected chi connectivity index (χ4v) is 3.28. The van der Waals surface area contributed by atoms with Gasteiger partial charge in [0.25, 0.3) is 0 Å². The van der Waals surface area contributed by atoms with Crippen molar-refractivity contribution < 1.29 is 4.74 Å². The van der Waals surface area contributed by atoms with Crippen molar-refractivity contribution in [2.75, 3.05) is 34.3 Å². The van der Waals surface area contributed by atoms with Crippen LogP contribution >= 0.6 is 0 Å². The summed E-state index contributed by atoms with van der Waals surface area (Å²) in [6, 6.07) is 9.91. The van der Waals surface area contributed by atoms with E-state index in [0.29, 0.717) is 12.0 Å². The number of nitrogens with zero attached hydrogens (tertiary/aromatic N) is 2. The summed E-state index contributed by atoms with van der Waals surface area (Å²) in [6.45, 7) is 6.99. The van der Waals surface area contributed by atoms with Gasteiger partial charge in [0.15, 0.2) is 0 Å². The molecule has 0 amide bonds. The standard InChI is InChI=1S/C18H30N2O/c1-14(16-6-8-18(21-5)9-7-16)13-20(4)17-10-11-19(3)15(2)12-17/h6-9,14-15,17H,10-13H2,1-5H3/t14-,15+,17-/m1/s1. The summed E-state index contributed by atoms with van der Waals surface area (Å²) in [6.07, 6.45) is 2.56. The first-order valence-electron chi connectivity index (χ1n) is 8.05. The zero-order valence-electron chi connectivity index (χ0n) is 14.2. The van der Waals surface area contributed by atoms with Crippen LogP contribution in [0.15, 0.2) is 24.3 Å². The lowest BCUT2D eigenvalue weighted by atomic mass is 9.95. The zero-order chi connectivity index (χ0) is 15.4. The highest BCUT2D eigenvalue weighted by Gasteiger charge is 2.26. The zero-order valence-corrected chi connectivity index (χ0v) is 14.2. The molecule has 0 bridgehead atoms. The number of hydrogen-bond acceptors (Lipinski definition) is 3. The second kappa shape index (κ2) is 7.28. The molecule has 3 heteroatoms. The molecule has 0 aliphatic carbocycles. The number of likely N-dealkylation sites (N-methyl/N-ethyl adjacent to an activating group) is 1. The van der Waals surface area contributed by atoms with Crippen LogP contribution in [0.3, 0.4) is 0 Å². The lowest BCUT2D eigenvalue weighted by Crippen LogP contribution is -2.47. The Kier molecular flexibility index (Phi) is 5.65. The van der Waals surface area contributed by atoms with Crippen LogP contribution in [0.1, 0.15) is 38.2 Å². The molecule has 1 aromatic rings. The fourth-order valence-electron chi connectivity index (χ4n) is 3.28. The molecule has 0 unspecified atom stereocenters. The molecule has 21 heavy (non-hydrogen) atoms. The van der Waals surface area contributed by atoms with Crippen LogP contribution in [0.25, 0.3) is 0 Å². The molecule has 2 rings (SSSR count). The summed E-state index contributed by atoms with van der Waals surface area (Å²) in [7, 11) is 6.23. The third kappa shape index (κ3) is 4.21. The molecule has 118 valence electrons. The molecule has 3 atom stereocenters. The van der Waals surface area contributed by atoms with E-state index in [9.17, 15) is 0 Å². The first-order valence-corrected chi connectivity index (χ1v) is 8.05. The third-order valence-electron chi connectivity index (χ3n) is 5.05. The van der Waals surface area contributed by atoms with Crippen molar-refractivity contribution in [1.82, 2.24) is 9.80 Å². The van der Waals surface area contributed by atoms with E-state index in [1.807, 2.05) is 0 Å². The van der Waals surface area contributed by atoms with E-state index in [2.05, 4.69) is 62.0 Å². The van der Waals surface area contributed by atoms with Crippen molar-refractivity contribution in [2.24, 2.45) is 0 Å². The Labute approximate surface area is 129 Å². The minimum absolute atomic E-state index is 0.552. The number of hydrogen-bond donors (Lipinski definition) is 0. The Hall–Kier alpha value is -1.06. The predicted octanol–water partition coefficient (Wildman–Crippen LogP) is 3.21. The van der Waals surface area contributed by atoms with E-state index in [1.54, 1.807) is 7.11 Å². The van der Waals surface area contributed by atoms with E-state index in [1.165, 1.54) is 24.9 Å². The van der Waals surface area contributed by atoms with Crippen molar-refractivity contribution in [3.8, 4) is 5.75 Å². The van der Waals surface area contributed by atoms with Gasteiger partial charge in [-0.15, -0.1) is 0 Å². The number of ether oxygens (including phenoxy) is 1. The van der Waals surface area contributed by atoms with E-state index in [-0.39, 0.29) is 0 Å². The highest BCUT2D eigenvalue weighted by molar-refractivity contribution is 5.29. The predicted molar refractivity (Wildman–Crippen MR) is 89.2 cm³/mol. The number of benzene rings is 1. The van der Waals surface area contributed by atoms with Crippen LogP contribution in [0.5, 0.6) is 5.75 Å². The Morgan fingerprint density at radius 3 is 2.57 bits per heavy atom. The van der Waals surface area contributed by atoms with Crippen LogP contribution in [-0.2, 0) is 0 Å². The molecule has 0 radical (unpaired) electrons. The maximum atomic E-state index is 5.23. The van der Waals surface area contributed by atoms with Crippen LogP contribution in [0.2, 0.25) is 0 Å². The molecule has 1 heterocycles. The molecule has 0 spiro atoms. The monoisotopic (exact) mass is 290 g/mol. The number of likely N-dealkylation sites (tertiary alicyclic amines) is 1. The molecule has 1 aromatic carbocycles. The normalized spacial score (nSPS) is 25.0. The maximum absolute atomic E-state index is 5.23. The van der Waals surface area contributed by atoms with Gasteiger partial charge in [-0.2, -0.15) is 0 Å². The van der Waals surface area contributed by atoms with Crippen LogP contribution in [-0.4, -0.2) is 56.2 Å². The largest absolute Gasteiger partial charge is 0.497 e. The number of rotatable bonds is 5. The molecule has 1 saturated heterocycles. The fraction of sp³-hybridized carbons (Fsp3) is 0.667. The summed E-state index contributed by atoms with van der Waals surface area (Å²) in [5.74, 6) is 1.49. The Bertz CT molecular complexity index is 431. The van der Waals surface area contributed by atoms with Gasteiger partial charge in [-0.1, -0.05) is 19.1 Å². The molecular weight excluding hydrogens is 260 g/mol. The summed E-state index contributed by atoms with van der Waals surface area (Å²) in [5, 5.41) is 0. The molecule has 0 N–H and O–H groups in total. The lowest BCUT2D eigenvalue weighted by Gasteiger charge is -2.40. The summed E-state index contributed by atoms with van der Waals surface area (Å²) >= 11 is 0. The Morgan fingerprint density at radius 2 is 2.00 bits per heavy atom. The van der Waals surface area contributed by atoms with Gasteiger partial charge in [0.2, 0.25) is 0 Å².